The summed E-state index contributed by atoms with van der Waals surface area (Å²) in [5, 5.41) is 1.59. The Hall–Kier alpha value is -3.44. The van der Waals surface area contributed by atoms with E-state index in [9.17, 15) is 13.2 Å². The fourth-order valence-electron chi connectivity index (χ4n) is 3.45. The van der Waals surface area contributed by atoms with Gasteiger partial charge in [-0.3, -0.25) is 4.79 Å². The summed E-state index contributed by atoms with van der Waals surface area (Å²) in [6.07, 6.45) is 0.822. The van der Waals surface area contributed by atoms with Crippen molar-refractivity contribution < 1.29 is 13.2 Å². The number of amides is 1. The molecule has 0 atom stereocenters. The lowest BCUT2D eigenvalue weighted by molar-refractivity contribution is 0.101. The van der Waals surface area contributed by atoms with E-state index in [0.717, 1.165) is 21.7 Å². The number of rotatable bonds is 5. The molecule has 4 nitrogen and oxygen atoms in total. The Morgan fingerprint density at radius 1 is 0.767 bits per heavy atom. The molecule has 0 bridgehead atoms. The number of hydrogen-bond acceptors (Lipinski definition) is 3. The van der Waals surface area contributed by atoms with Crippen LogP contribution in [0.3, 0.4) is 0 Å². The number of aryl methyl sites for hydroxylation is 1. The quantitative estimate of drug-likeness (QED) is 0.436. The molecule has 0 aliphatic rings. The van der Waals surface area contributed by atoms with Crippen LogP contribution in [0.5, 0.6) is 0 Å². The van der Waals surface area contributed by atoms with Crippen LogP contribution in [0.2, 0.25) is 0 Å². The van der Waals surface area contributed by atoms with E-state index in [1.807, 2.05) is 49.4 Å². The van der Waals surface area contributed by atoms with Gasteiger partial charge in [0.1, 0.15) is 0 Å². The number of hydrogen-bond donors (Lipinski definition) is 0. The van der Waals surface area contributed by atoms with E-state index in [-0.39, 0.29) is 4.90 Å². The highest BCUT2D eigenvalue weighted by Crippen LogP contribution is 2.29. The van der Waals surface area contributed by atoms with Crippen molar-refractivity contribution in [2.75, 3.05) is 4.31 Å². The second kappa shape index (κ2) is 8.13. The van der Waals surface area contributed by atoms with Crippen molar-refractivity contribution in [1.29, 1.82) is 0 Å². The van der Waals surface area contributed by atoms with E-state index in [0.29, 0.717) is 16.6 Å². The summed E-state index contributed by atoms with van der Waals surface area (Å²) in [6, 6.07) is 27.9. The minimum atomic E-state index is -4.11. The molecule has 0 aliphatic carbocycles. The van der Waals surface area contributed by atoms with E-state index >= 15 is 0 Å². The topological polar surface area (TPSA) is 54.5 Å². The zero-order chi connectivity index (χ0) is 21.1. The van der Waals surface area contributed by atoms with Gasteiger partial charge in [-0.25, -0.2) is 8.42 Å². The first-order valence-electron chi connectivity index (χ1n) is 9.74. The summed E-state index contributed by atoms with van der Waals surface area (Å²) in [4.78, 5) is 13.7. The van der Waals surface area contributed by atoms with Crippen LogP contribution in [0.15, 0.2) is 102 Å². The summed E-state index contributed by atoms with van der Waals surface area (Å²) >= 11 is 0. The first-order chi connectivity index (χ1) is 14.5. The molecule has 150 valence electrons. The molecular formula is C25H21NO3S. The highest BCUT2D eigenvalue weighted by atomic mass is 32.2. The van der Waals surface area contributed by atoms with Gasteiger partial charge in [-0.2, -0.15) is 4.31 Å². The molecule has 4 aromatic carbocycles. The standard InChI is InChI=1S/C25H21NO3S/c1-2-19-15-17-21(18-16-19)26(30(28,29)22-11-4-3-5-12-22)25(27)24-14-8-10-20-9-6-7-13-23(20)24/h3-18H,2H2,1H3. The van der Waals surface area contributed by atoms with Gasteiger partial charge in [0.15, 0.2) is 0 Å². The van der Waals surface area contributed by atoms with Gasteiger partial charge >= 0.3 is 0 Å². The third-order valence-corrected chi connectivity index (χ3v) is 6.79. The van der Waals surface area contributed by atoms with Crippen LogP contribution >= 0.6 is 0 Å². The van der Waals surface area contributed by atoms with Gasteiger partial charge in [0.25, 0.3) is 15.9 Å². The van der Waals surface area contributed by atoms with Gasteiger partial charge in [0, 0.05) is 5.56 Å². The molecule has 0 spiro atoms. The van der Waals surface area contributed by atoms with E-state index in [1.165, 1.54) is 12.1 Å². The maximum Gasteiger partial charge on any atom is 0.272 e. The number of sulfonamides is 1. The molecule has 0 aromatic heterocycles. The van der Waals surface area contributed by atoms with Gasteiger partial charge in [-0.15, -0.1) is 0 Å². The zero-order valence-corrected chi connectivity index (χ0v) is 17.3. The van der Waals surface area contributed by atoms with Crippen molar-refractivity contribution in [3.05, 3.63) is 108 Å². The molecule has 0 radical (unpaired) electrons. The average Bonchev–Trinajstić information content (AvgIpc) is 2.79. The molecule has 5 heteroatoms. The number of nitrogens with zero attached hydrogens (tertiary/aromatic N) is 1. The van der Waals surface area contributed by atoms with Gasteiger partial charge < -0.3 is 0 Å². The van der Waals surface area contributed by atoms with Gasteiger partial charge in [-0.1, -0.05) is 73.7 Å². The lowest BCUT2D eigenvalue weighted by Crippen LogP contribution is -2.37. The Morgan fingerprint density at radius 2 is 1.40 bits per heavy atom. The van der Waals surface area contributed by atoms with Crippen molar-refractivity contribution >= 4 is 32.4 Å². The first-order valence-corrected chi connectivity index (χ1v) is 11.2. The van der Waals surface area contributed by atoms with Crippen molar-refractivity contribution in [2.45, 2.75) is 18.2 Å². The monoisotopic (exact) mass is 415 g/mol. The van der Waals surface area contributed by atoms with Crippen molar-refractivity contribution in [2.24, 2.45) is 0 Å². The Morgan fingerprint density at radius 3 is 2.10 bits per heavy atom. The third kappa shape index (κ3) is 3.60. The molecule has 1 amide bonds. The Labute approximate surface area is 176 Å². The highest BCUT2D eigenvalue weighted by Gasteiger charge is 2.32. The predicted molar refractivity (Wildman–Crippen MR) is 120 cm³/mol. The maximum absolute atomic E-state index is 13.7. The molecule has 4 aromatic rings. The summed E-state index contributed by atoms with van der Waals surface area (Å²) in [5.41, 5.74) is 1.72. The Bertz CT molecular complexity index is 1290. The second-order valence-corrected chi connectivity index (χ2v) is 8.72. The van der Waals surface area contributed by atoms with Gasteiger partial charge in [-0.05, 0) is 53.1 Å². The van der Waals surface area contributed by atoms with Crippen molar-refractivity contribution in [3.63, 3.8) is 0 Å². The maximum atomic E-state index is 13.7. The fraction of sp³-hybridized carbons (Fsp3) is 0.0800. The molecule has 0 saturated carbocycles. The van der Waals surface area contributed by atoms with E-state index in [1.54, 1.807) is 42.5 Å². The predicted octanol–water partition coefficient (Wildman–Crippen LogP) is 5.44. The highest BCUT2D eigenvalue weighted by molar-refractivity contribution is 7.93. The molecule has 0 N–H and O–H groups in total. The number of fused-ring (bicyclic) bond motifs is 1. The van der Waals surface area contributed by atoms with Crippen LogP contribution in [0.4, 0.5) is 5.69 Å². The van der Waals surface area contributed by atoms with Gasteiger partial charge in [0.2, 0.25) is 0 Å². The van der Waals surface area contributed by atoms with E-state index in [2.05, 4.69) is 0 Å². The molecule has 0 saturated heterocycles. The van der Waals surface area contributed by atoms with Crippen molar-refractivity contribution in [3.8, 4) is 0 Å². The van der Waals surface area contributed by atoms with Gasteiger partial charge in [0.05, 0.1) is 10.6 Å². The van der Waals surface area contributed by atoms with Crippen LogP contribution < -0.4 is 4.31 Å². The Kier molecular flexibility index (Phi) is 5.38. The molecule has 0 heterocycles. The largest absolute Gasteiger partial charge is 0.272 e. The summed E-state index contributed by atoms with van der Waals surface area (Å²) in [5.74, 6) is -0.583. The summed E-state index contributed by atoms with van der Waals surface area (Å²) < 4.78 is 28.0. The van der Waals surface area contributed by atoms with Crippen LogP contribution in [0.25, 0.3) is 10.8 Å². The van der Waals surface area contributed by atoms with E-state index < -0.39 is 15.9 Å². The smallest absolute Gasteiger partial charge is 0.268 e. The second-order valence-electron chi connectivity index (χ2n) is 6.93. The van der Waals surface area contributed by atoms with Crippen LogP contribution in [-0.4, -0.2) is 14.3 Å². The SMILES string of the molecule is CCc1ccc(N(C(=O)c2cccc3ccccc23)S(=O)(=O)c2ccccc2)cc1. The molecular weight excluding hydrogens is 394 g/mol. The van der Waals surface area contributed by atoms with Crippen LogP contribution in [0, 0.1) is 0 Å². The third-order valence-electron chi connectivity index (χ3n) is 5.07. The number of benzene rings is 4. The average molecular weight is 416 g/mol. The summed E-state index contributed by atoms with van der Waals surface area (Å²) in [7, 11) is -4.11. The zero-order valence-electron chi connectivity index (χ0n) is 16.5. The Balaban J connectivity index is 1.91. The molecule has 0 aliphatic heterocycles. The minimum Gasteiger partial charge on any atom is -0.268 e. The lowest BCUT2D eigenvalue weighted by atomic mass is 10.0. The molecule has 0 fully saturated rings. The fourth-order valence-corrected chi connectivity index (χ4v) is 4.88. The number of anilines is 1. The van der Waals surface area contributed by atoms with Crippen LogP contribution in [0.1, 0.15) is 22.8 Å². The minimum absolute atomic E-state index is 0.0677. The number of carbonyl (C=O) groups excluding carboxylic acids is 1. The first kappa shape index (κ1) is 19.9. The molecule has 30 heavy (non-hydrogen) atoms. The van der Waals surface area contributed by atoms with Crippen LogP contribution in [-0.2, 0) is 16.4 Å². The van der Waals surface area contributed by atoms with Crippen molar-refractivity contribution in [1.82, 2.24) is 0 Å². The lowest BCUT2D eigenvalue weighted by Gasteiger charge is -2.23. The normalized spacial score (nSPS) is 11.4. The molecule has 4 rings (SSSR count). The summed E-state index contributed by atoms with van der Waals surface area (Å²) in [6.45, 7) is 2.02. The number of carbonyl (C=O) groups is 1. The van der Waals surface area contributed by atoms with E-state index in [4.69, 9.17) is 0 Å². The molecule has 0 unspecified atom stereocenters.